The average molecular weight is 224 g/mol. The summed E-state index contributed by atoms with van der Waals surface area (Å²) in [6.45, 7) is 0. The summed E-state index contributed by atoms with van der Waals surface area (Å²) in [6.07, 6.45) is -4.83. The van der Waals surface area contributed by atoms with Gasteiger partial charge in [0.05, 0.1) is 0 Å². The summed E-state index contributed by atoms with van der Waals surface area (Å²) in [5, 5.41) is 8.82. The molecule has 3 nitrogen and oxygen atoms in total. The van der Waals surface area contributed by atoms with Crippen LogP contribution in [0.25, 0.3) is 0 Å². The Kier molecular flexibility index (Phi) is 3.54. The van der Waals surface area contributed by atoms with Gasteiger partial charge in [-0.25, -0.2) is 4.86 Å². The third kappa shape index (κ3) is 3.76. The summed E-state index contributed by atoms with van der Waals surface area (Å²) in [4.78, 5) is 3.04. The first-order chi connectivity index (χ1) is 6.92. The standard InChI is InChI=1S/C7H5BF4O3/c9-7(10,11)14-6-3-1-2-5(4-6)8(13)15-12/h1-4,13H. The van der Waals surface area contributed by atoms with Crippen molar-refractivity contribution in [2.75, 3.05) is 0 Å². The molecule has 0 heterocycles. The number of hydrogen-bond donors (Lipinski definition) is 1. The Bertz CT molecular complexity index is 330. The van der Waals surface area contributed by atoms with Crippen LogP contribution >= 0.6 is 0 Å². The maximum absolute atomic E-state index is 11.8. The Hall–Kier alpha value is -1.28. The molecule has 8 heteroatoms. The lowest BCUT2D eigenvalue weighted by Gasteiger charge is -2.09. The highest BCUT2D eigenvalue weighted by Gasteiger charge is 2.31. The van der Waals surface area contributed by atoms with E-state index in [9.17, 15) is 17.7 Å². The molecule has 0 unspecified atom stereocenters. The molecule has 0 amide bonds. The van der Waals surface area contributed by atoms with E-state index in [1.807, 2.05) is 0 Å². The molecule has 0 spiro atoms. The second-order valence-corrected chi connectivity index (χ2v) is 2.56. The molecule has 1 rings (SSSR count). The van der Waals surface area contributed by atoms with Gasteiger partial charge in [-0.2, -0.15) is 0 Å². The van der Waals surface area contributed by atoms with Gasteiger partial charge in [-0.3, -0.25) is 0 Å². The van der Waals surface area contributed by atoms with Crippen molar-refractivity contribution in [3.63, 3.8) is 0 Å². The van der Waals surface area contributed by atoms with E-state index in [-0.39, 0.29) is 5.46 Å². The molecule has 0 aliphatic carbocycles. The van der Waals surface area contributed by atoms with Crippen LogP contribution in [0.1, 0.15) is 0 Å². The Morgan fingerprint density at radius 3 is 2.47 bits per heavy atom. The van der Waals surface area contributed by atoms with Crippen molar-refractivity contribution in [3.8, 4) is 5.75 Å². The number of benzene rings is 1. The van der Waals surface area contributed by atoms with Gasteiger partial charge in [-0.15, -0.1) is 13.2 Å². The molecule has 0 radical (unpaired) electrons. The summed E-state index contributed by atoms with van der Waals surface area (Å²) in [6, 6.07) is 4.19. The highest BCUT2D eigenvalue weighted by Crippen LogP contribution is 2.21. The number of alkyl halides is 3. The number of hydrogen-bond acceptors (Lipinski definition) is 3. The maximum Gasteiger partial charge on any atom is 0.573 e. The zero-order valence-electron chi connectivity index (χ0n) is 7.16. The van der Waals surface area contributed by atoms with Gasteiger partial charge in [0.25, 0.3) is 0 Å². The fraction of sp³-hybridized carbons (Fsp3) is 0.143. The van der Waals surface area contributed by atoms with Gasteiger partial charge in [0, 0.05) is 0 Å². The molecule has 0 atom stereocenters. The quantitative estimate of drug-likeness (QED) is 0.618. The zero-order chi connectivity index (χ0) is 11.5. The van der Waals surface area contributed by atoms with Crippen LogP contribution in [0.3, 0.4) is 0 Å². The molecular weight excluding hydrogens is 219 g/mol. The largest absolute Gasteiger partial charge is 0.573 e. The minimum atomic E-state index is -4.83. The zero-order valence-corrected chi connectivity index (χ0v) is 7.16. The van der Waals surface area contributed by atoms with E-state index in [4.69, 9.17) is 5.02 Å². The minimum absolute atomic E-state index is 0.181. The van der Waals surface area contributed by atoms with Gasteiger partial charge in [0.15, 0.2) is 0 Å². The normalized spacial score (nSPS) is 11.3. The van der Waals surface area contributed by atoms with Crippen molar-refractivity contribution in [1.29, 1.82) is 0 Å². The lowest BCUT2D eigenvalue weighted by molar-refractivity contribution is -0.274. The van der Waals surface area contributed by atoms with Crippen molar-refractivity contribution >= 4 is 12.6 Å². The highest BCUT2D eigenvalue weighted by molar-refractivity contribution is 6.59. The third-order valence-corrected chi connectivity index (χ3v) is 1.46. The van der Waals surface area contributed by atoms with Crippen LogP contribution in [0.4, 0.5) is 17.7 Å². The van der Waals surface area contributed by atoms with Gasteiger partial charge in [0.2, 0.25) is 0 Å². The van der Waals surface area contributed by atoms with E-state index in [2.05, 4.69) is 9.60 Å². The number of ether oxygens (including phenoxy) is 1. The molecular formula is C7H5BF4O3. The summed E-state index contributed by atoms with van der Waals surface area (Å²) < 4.78 is 50.4. The molecule has 0 saturated carbocycles. The monoisotopic (exact) mass is 224 g/mol. The van der Waals surface area contributed by atoms with Crippen molar-refractivity contribution in [2.24, 2.45) is 0 Å². The third-order valence-electron chi connectivity index (χ3n) is 1.46. The molecule has 0 aromatic heterocycles. The number of rotatable bonds is 3. The second-order valence-electron chi connectivity index (χ2n) is 2.56. The van der Waals surface area contributed by atoms with Crippen LogP contribution in [0, 0.1) is 0 Å². The Balaban J connectivity index is 2.83. The molecule has 0 aliphatic heterocycles. The van der Waals surface area contributed by atoms with E-state index in [1.54, 1.807) is 0 Å². The lowest BCUT2D eigenvalue weighted by Crippen LogP contribution is -2.31. The smallest absolute Gasteiger partial charge is 0.421 e. The van der Waals surface area contributed by atoms with Gasteiger partial charge in [-0.1, -0.05) is 16.7 Å². The van der Waals surface area contributed by atoms with Crippen LogP contribution in [0.2, 0.25) is 0 Å². The summed E-state index contributed by atoms with van der Waals surface area (Å²) >= 11 is 0. The highest BCUT2D eigenvalue weighted by atomic mass is 19.4. The average Bonchev–Trinajstić information content (AvgIpc) is 2.14. The Morgan fingerprint density at radius 2 is 1.93 bits per heavy atom. The van der Waals surface area contributed by atoms with Crippen LogP contribution < -0.4 is 10.2 Å². The molecule has 1 N–H and O–H groups in total. The predicted octanol–water partition coefficient (Wildman–Crippen LogP) is 1.17. The topological polar surface area (TPSA) is 38.7 Å². The molecule has 15 heavy (non-hydrogen) atoms. The molecule has 0 fully saturated rings. The first kappa shape index (κ1) is 11.8. The van der Waals surface area contributed by atoms with Gasteiger partial charge < -0.3 is 9.76 Å². The fourth-order valence-electron chi connectivity index (χ4n) is 0.917. The van der Waals surface area contributed by atoms with Crippen LogP contribution in [-0.4, -0.2) is 18.5 Å². The Labute approximate surface area is 82.3 Å². The number of halogens is 4. The van der Waals surface area contributed by atoms with Crippen LogP contribution in [-0.2, 0) is 4.86 Å². The first-order valence-electron chi connectivity index (χ1n) is 3.73. The van der Waals surface area contributed by atoms with E-state index in [0.29, 0.717) is 0 Å². The Morgan fingerprint density at radius 1 is 1.27 bits per heavy atom. The van der Waals surface area contributed by atoms with Crippen molar-refractivity contribution < 1.29 is 32.3 Å². The molecule has 1 aromatic rings. The SMILES string of the molecule is OB(OF)c1cccc(OC(F)(F)F)c1. The van der Waals surface area contributed by atoms with E-state index >= 15 is 0 Å². The van der Waals surface area contributed by atoms with Crippen molar-refractivity contribution in [3.05, 3.63) is 24.3 Å². The van der Waals surface area contributed by atoms with Gasteiger partial charge in [0.1, 0.15) is 5.75 Å². The van der Waals surface area contributed by atoms with E-state index in [0.717, 1.165) is 12.1 Å². The lowest BCUT2D eigenvalue weighted by atomic mass is 9.80. The van der Waals surface area contributed by atoms with Crippen LogP contribution in [0.5, 0.6) is 5.75 Å². The predicted molar refractivity (Wildman–Crippen MR) is 42.9 cm³/mol. The second kappa shape index (κ2) is 4.50. The molecule has 0 saturated heterocycles. The minimum Gasteiger partial charge on any atom is -0.421 e. The summed E-state index contributed by atoms with van der Waals surface area (Å²) in [5.74, 6) is -0.559. The summed E-state index contributed by atoms with van der Waals surface area (Å²) in [5.41, 5.74) is -0.181. The fourth-order valence-corrected chi connectivity index (χ4v) is 0.917. The van der Waals surface area contributed by atoms with E-state index in [1.165, 1.54) is 12.1 Å². The molecule has 82 valence electrons. The van der Waals surface area contributed by atoms with Crippen molar-refractivity contribution in [2.45, 2.75) is 6.36 Å². The van der Waals surface area contributed by atoms with Gasteiger partial charge >= 0.3 is 13.5 Å². The summed E-state index contributed by atoms with van der Waals surface area (Å²) in [7, 11) is -1.93. The molecule has 0 aliphatic rings. The maximum atomic E-state index is 11.8. The molecule has 1 aromatic carbocycles. The van der Waals surface area contributed by atoms with E-state index < -0.39 is 19.2 Å². The first-order valence-corrected chi connectivity index (χ1v) is 3.73. The van der Waals surface area contributed by atoms with Crippen molar-refractivity contribution in [1.82, 2.24) is 0 Å². The van der Waals surface area contributed by atoms with Gasteiger partial charge in [-0.05, 0) is 17.6 Å². The van der Waals surface area contributed by atoms with Crippen LogP contribution in [0.15, 0.2) is 24.3 Å². The molecule has 0 bridgehead atoms.